The van der Waals surface area contributed by atoms with Crippen LogP contribution in [0.25, 0.3) is 0 Å². The van der Waals surface area contributed by atoms with Gasteiger partial charge >= 0.3 is 6.09 Å². The highest BCUT2D eigenvalue weighted by Gasteiger charge is 2.61. The van der Waals surface area contributed by atoms with E-state index in [9.17, 15) is 4.79 Å². The smallest absolute Gasteiger partial charge is 0.411 e. The number of carbonyl (C=O) groups is 1. The van der Waals surface area contributed by atoms with Crippen molar-refractivity contribution in [2.75, 3.05) is 0 Å². The van der Waals surface area contributed by atoms with Crippen molar-refractivity contribution in [1.29, 1.82) is 0 Å². The number of hydrogen-bond donors (Lipinski definition) is 0. The van der Waals surface area contributed by atoms with Gasteiger partial charge in [0.2, 0.25) is 0 Å². The van der Waals surface area contributed by atoms with Crippen LogP contribution in [-0.4, -0.2) is 28.7 Å². The monoisotopic (exact) mass is 371 g/mol. The Hall–Kier alpha value is -0.990. The molecule has 1 amide bonds. The molecule has 0 aromatic rings. The van der Waals surface area contributed by atoms with E-state index in [-0.39, 0.29) is 12.1 Å². The quantitative estimate of drug-likeness (QED) is 0.523. The molecule has 6 aliphatic rings. The zero-order chi connectivity index (χ0) is 19.2. The number of rotatable bonds is 1. The van der Waals surface area contributed by atoms with Crippen molar-refractivity contribution in [3.8, 4) is 0 Å². The maximum Gasteiger partial charge on any atom is 0.411 e. The van der Waals surface area contributed by atoms with Crippen molar-refractivity contribution in [3.05, 3.63) is 11.6 Å². The largest absolute Gasteiger partial charge is 0.444 e. The van der Waals surface area contributed by atoms with Crippen LogP contribution in [0, 0.1) is 22.2 Å². The summed E-state index contributed by atoms with van der Waals surface area (Å²) in [6.45, 7) is 11.0. The van der Waals surface area contributed by atoms with Gasteiger partial charge in [-0.05, 0) is 101 Å². The predicted molar refractivity (Wildman–Crippen MR) is 107 cm³/mol. The highest BCUT2D eigenvalue weighted by atomic mass is 16.6. The normalized spacial score (nSPS) is 48.0. The van der Waals surface area contributed by atoms with Crippen molar-refractivity contribution in [2.24, 2.45) is 22.2 Å². The summed E-state index contributed by atoms with van der Waals surface area (Å²) < 4.78 is 5.73. The Balaban J connectivity index is 1.43. The van der Waals surface area contributed by atoms with Crippen LogP contribution in [0.3, 0.4) is 0 Å². The third-order valence-electron chi connectivity index (χ3n) is 8.31. The van der Waals surface area contributed by atoms with Crippen molar-refractivity contribution in [2.45, 2.75) is 110 Å². The number of carbonyl (C=O) groups excluding carboxylic acids is 1. The first-order valence-electron chi connectivity index (χ1n) is 11.2. The second-order valence-electron chi connectivity index (χ2n) is 12.5. The lowest BCUT2D eigenvalue weighted by molar-refractivity contribution is -0.131. The molecule has 3 nitrogen and oxygen atoms in total. The Bertz CT molecular complexity index is 684. The fraction of sp³-hybridized carbons (Fsp3) is 0.875. The average Bonchev–Trinajstić information content (AvgIpc) is 2.72. The van der Waals surface area contributed by atoms with E-state index in [1.807, 2.05) is 20.8 Å². The van der Waals surface area contributed by atoms with Crippen molar-refractivity contribution in [1.82, 2.24) is 4.90 Å². The van der Waals surface area contributed by atoms with E-state index in [1.54, 1.807) is 5.57 Å². The first-order chi connectivity index (χ1) is 12.5. The number of hydrogen-bond acceptors (Lipinski definition) is 2. The third kappa shape index (κ3) is 2.86. The van der Waals surface area contributed by atoms with E-state index in [4.69, 9.17) is 4.74 Å². The fourth-order valence-corrected chi connectivity index (χ4v) is 8.63. The summed E-state index contributed by atoms with van der Waals surface area (Å²) in [6, 6.07) is 0.626. The standard InChI is InChI=1S/C24H37NO2/c1-21(2,3)27-20(26)25-18-6-7-19(25)9-17(8-18)24-12-16-10-22(4,14-24)13-23(5,11-16)15-24/h8,16,18-19H,6-7,9-15H2,1-5H3. The van der Waals surface area contributed by atoms with E-state index in [0.29, 0.717) is 22.3 Å². The second kappa shape index (κ2) is 5.33. The average molecular weight is 372 g/mol. The van der Waals surface area contributed by atoms with Gasteiger partial charge in [-0.25, -0.2) is 4.79 Å². The summed E-state index contributed by atoms with van der Waals surface area (Å²) in [7, 11) is 0. The highest BCUT2D eigenvalue weighted by Crippen LogP contribution is 2.72. The Labute approximate surface area is 164 Å². The zero-order valence-corrected chi connectivity index (χ0v) is 17.9. The molecule has 150 valence electrons. The van der Waals surface area contributed by atoms with Crippen molar-refractivity contribution >= 4 is 6.09 Å². The van der Waals surface area contributed by atoms with Crippen molar-refractivity contribution < 1.29 is 9.53 Å². The van der Waals surface area contributed by atoms with Gasteiger partial charge in [-0.2, -0.15) is 0 Å². The SMILES string of the molecule is CC12CC3CC(C)(C1)CC(C1=CC4CCC(C1)N4C(=O)OC(C)(C)C)(C3)C2. The zero-order valence-electron chi connectivity index (χ0n) is 17.9. The molecule has 0 aromatic heterocycles. The lowest BCUT2D eigenvalue weighted by Crippen LogP contribution is -2.57. The molecular weight excluding hydrogens is 334 g/mol. The molecule has 4 aliphatic carbocycles. The molecule has 3 heteroatoms. The molecule has 2 aliphatic heterocycles. The van der Waals surface area contributed by atoms with Gasteiger partial charge in [0.25, 0.3) is 0 Å². The maximum atomic E-state index is 12.8. The van der Waals surface area contributed by atoms with Gasteiger partial charge in [0.05, 0.1) is 6.04 Å². The number of nitrogens with zero attached hydrogens (tertiary/aromatic N) is 1. The van der Waals surface area contributed by atoms with E-state index >= 15 is 0 Å². The van der Waals surface area contributed by atoms with Gasteiger partial charge in [-0.1, -0.05) is 25.5 Å². The molecule has 0 spiro atoms. The van der Waals surface area contributed by atoms with E-state index in [1.165, 1.54) is 38.5 Å². The minimum atomic E-state index is -0.413. The molecule has 27 heavy (non-hydrogen) atoms. The minimum absolute atomic E-state index is 0.102. The van der Waals surface area contributed by atoms with Crippen LogP contribution in [0.5, 0.6) is 0 Å². The Kier molecular flexibility index (Phi) is 3.57. The van der Waals surface area contributed by atoms with Crippen LogP contribution in [0.4, 0.5) is 4.79 Å². The summed E-state index contributed by atoms with van der Waals surface area (Å²) in [5.74, 6) is 0.929. The first kappa shape index (κ1) is 18.1. The Morgan fingerprint density at radius 2 is 1.74 bits per heavy atom. The van der Waals surface area contributed by atoms with Gasteiger partial charge in [-0.15, -0.1) is 0 Å². The summed E-state index contributed by atoms with van der Waals surface area (Å²) in [5, 5.41) is 0. The molecule has 0 N–H and O–H groups in total. The van der Waals surface area contributed by atoms with E-state index in [2.05, 4.69) is 24.8 Å². The van der Waals surface area contributed by atoms with Crippen molar-refractivity contribution in [3.63, 3.8) is 0 Å². The Morgan fingerprint density at radius 3 is 2.30 bits per heavy atom. The van der Waals surface area contributed by atoms with E-state index < -0.39 is 5.60 Å². The van der Waals surface area contributed by atoms with Crippen LogP contribution in [0.2, 0.25) is 0 Å². The molecule has 5 fully saturated rings. The molecule has 1 saturated heterocycles. The molecule has 4 saturated carbocycles. The third-order valence-corrected chi connectivity index (χ3v) is 8.31. The molecular formula is C24H37NO2. The molecule has 6 bridgehead atoms. The summed E-state index contributed by atoms with van der Waals surface area (Å²) >= 11 is 0. The summed E-state index contributed by atoms with van der Waals surface area (Å²) in [6.07, 6.45) is 14.3. The number of fused-ring (bicyclic) bond motifs is 2. The molecule has 4 atom stereocenters. The number of amides is 1. The Morgan fingerprint density at radius 1 is 1.07 bits per heavy atom. The molecule has 2 heterocycles. The summed E-state index contributed by atoms with van der Waals surface area (Å²) in [4.78, 5) is 14.9. The van der Waals surface area contributed by atoms with Gasteiger partial charge in [0, 0.05) is 6.04 Å². The molecule has 4 unspecified atom stereocenters. The first-order valence-corrected chi connectivity index (χ1v) is 11.2. The van der Waals surface area contributed by atoms with Crippen LogP contribution < -0.4 is 0 Å². The van der Waals surface area contributed by atoms with Gasteiger partial charge in [0.1, 0.15) is 5.60 Å². The van der Waals surface area contributed by atoms with Crippen LogP contribution >= 0.6 is 0 Å². The molecule has 6 rings (SSSR count). The van der Waals surface area contributed by atoms with E-state index in [0.717, 1.165) is 25.2 Å². The summed E-state index contributed by atoms with van der Waals surface area (Å²) in [5.41, 5.74) is 2.84. The van der Waals surface area contributed by atoms with Crippen LogP contribution in [0.15, 0.2) is 11.6 Å². The molecule has 0 aromatic carbocycles. The second-order valence-corrected chi connectivity index (χ2v) is 12.5. The lowest BCUT2D eigenvalue weighted by Gasteiger charge is -2.66. The van der Waals surface area contributed by atoms with Gasteiger partial charge in [0.15, 0.2) is 0 Å². The fourth-order valence-electron chi connectivity index (χ4n) is 8.63. The number of ether oxygens (including phenoxy) is 1. The van der Waals surface area contributed by atoms with Crippen LogP contribution in [0.1, 0.15) is 92.4 Å². The highest BCUT2D eigenvalue weighted by molar-refractivity contribution is 5.70. The van der Waals surface area contributed by atoms with Crippen LogP contribution in [-0.2, 0) is 4.74 Å². The predicted octanol–water partition coefficient (Wildman–Crippen LogP) is 6.08. The van der Waals surface area contributed by atoms with Gasteiger partial charge < -0.3 is 4.74 Å². The minimum Gasteiger partial charge on any atom is -0.444 e. The maximum absolute atomic E-state index is 12.8. The molecule has 0 radical (unpaired) electrons. The van der Waals surface area contributed by atoms with Gasteiger partial charge in [-0.3, -0.25) is 4.90 Å². The topological polar surface area (TPSA) is 29.5 Å². The lowest BCUT2D eigenvalue weighted by atomic mass is 9.39.